The minimum Gasteiger partial charge on any atom is -0.354 e. The van der Waals surface area contributed by atoms with Gasteiger partial charge in [0.15, 0.2) is 5.96 Å². The number of hydrogen-bond donors (Lipinski definition) is 2. The summed E-state index contributed by atoms with van der Waals surface area (Å²) >= 11 is 0. The number of rotatable bonds is 5. The Hall–Kier alpha value is -0.530. The normalized spacial score (nSPS) is 19.2. The Morgan fingerprint density at radius 3 is 2.70 bits per heavy atom. The van der Waals surface area contributed by atoms with Gasteiger partial charge in [0.25, 0.3) is 0 Å². The van der Waals surface area contributed by atoms with E-state index in [-0.39, 0.29) is 29.9 Å². The monoisotopic (exact) mass is 394 g/mol. The van der Waals surface area contributed by atoms with E-state index in [1.54, 1.807) is 0 Å². The largest absolute Gasteiger partial charge is 0.354 e. The molecule has 0 atom stereocenters. The van der Waals surface area contributed by atoms with E-state index in [1.165, 1.54) is 32.1 Å². The predicted octanol–water partition coefficient (Wildman–Crippen LogP) is 1.58. The third-order valence-corrected chi connectivity index (χ3v) is 3.99. The van der Waals surface area contributed by atoms with Gasteiger partial charge in [0.2, 0.25) is 5.91 Å². The molecule has 1 aliphatic carbocycles. The lowest BCUT2D eigenvalue weighted by molar-refractivity contribution is -0.122. The van der Waals surface area contributed by atoms with Gasteiger partial charge in [0, 0.05) is 33.1 Å². The standard InChI is InChI=1S/C14H26N4O.HI/c1-18-10-9-17-14(18)16-8-7-15-13(19)11-12-5-3-2-4-6-12;/h12H,2-11H2,1H3,(H,15,19)(H,16,17);1H. The summed E-state index contributed by atoms with van der Waals surface area (Å²) < 4.78 is 0. The molecular weight excluding hydrogens is 367 g/mol. The van der Waals surface area contributed by atoms with Crippen molar-refractivity contribution in [2.75, 3.05) is 33.2 Å². The van der Waals surface area contributed by atoms with Crippen LogP contribution in [0.5, 0.6) is 0 Å². The van der Waals surface area contributed by atoms with Crippen LogP contribution in [-0.4, -0.2) is 50.0 Å². The minimum absolute atomic E-state index is 0. The second kappa shape index (κ2) is 9.41. The van der Waals surface area contributed by atoms with Gasteiger partial charge < -0.3 is 15.5 Å². The first kappa shape index (κ1) is 17.5. The lowest BCUT2D eigenvalue weighted by atomic mass is 9.87. The van der Waals surface area contributed by atoms with Crippen LogP contribution >= 0.6 is 24.0 Å². The summed E-state index contributed by atoms with van der Waals surface area (Å²) in [5, 5.41) is 6.25. The van der Waals surface area contributed by atoms with Gasteiger partial charge >= 0.3 is 0 Å². The average Bonchev–Trinajstić information content (AvgIpc) is 2.81. The van der Waals surface area contributed by atoms with E-state index in [4.69, 9.17) is 0 Å². The van der Waals surface area contributed by atoms with Crippen LogP contribution in [0.25, 0.3) is 0 Å². The van der Waals surface area contributed by atoms with E-state index < -0.39 is 0 Å². The van der Waals surface area contributed by atoms with Gasteiger partial charge in [0.1, 0.15) is 0 Å². The first-order chi connectivity index (χ1) is 9.25. The molecule has 0 aromatic heterocycles. The average molecular weight is 394 g/mol. The highest BCUT2D eigenvalue weighted by atomic mass is 127. The van der Waals surface area contributed by atoms with Gasteiger partial charge in [-0.05, 0) is 18.8 Å². The van der Waals surface area contributed by atoms with E-state index >= 15 is 0 Å². The highest BCUT2D eigenvalue weighted by Crippen LogP contribution is 2.25. The zero-order chi connectivity index (χ0) is 13.5. The van der Waals surface area contributed by atoms with Crippen molar-refractivity contribution in [3.05, 3.63) is 0 Å². The number of carbonyl (C=O) groups is 1. The summed E-state index contributed by atoms with van der Waals surface area (Å²) in [6.45, 7) is 3.28. The van der Waals surface area contributed by atoms with Gasteiger partial charge in [-0.25, -0.2) is 0 Å². The fourth-order valence-electron chi connectivity index (χ4n) is 2.83. The second-order valence-corrected chi connectivity index (χ2v) is 5.61. The number of aliphatic imine (C=N–C) groups is 1. The maximum absolute atomic E-state index is 11.8. The Balaban J connectivity index is 0.00000200. The van der Waals surface area contributed by atoms with Crippen molar-refractivity contribution in [1.29, 1.82) is 0 Å². The van der Waals surface area contributed by atoms with Crippen molar-refractivity contribution in [3.8, 4) is 0 Å². The Kier molecular flexibility index (Phi) is 8.25. The van der Waals surface area contributed by atoms with Crippen LogP contribution in [0.4, 0.5) is 0 Å². The van der Waals surface area contributed by atoms with Crippen molar-refractivity contribution in [1.82, 2.24) is 15.5 Å². The minimum atomic E-state index is 0. The number of carbonyl (C=O) groups excluding carboxylic acids is 1. The molecule has 0 spiro atoms. The molecule has 0 saturated heterocycles. The molecule has 0 unspecified atom stereocenters. The van der Waals surface area contributed by atoms with Crippen molar-refractivity contribution < 1.29 is 4.79 Å². The Morgan fingerprint density at radius 1 is 1.30 bits per heavy atom. The number of hydrogen-bond acceptors (Lipinski definition) is 4. The Labute approximate surface area is 139 Å². The molecule has 2 aliphatic rings. The Bertz CT molecular complexity index is 329. The molecule has 1 amide bonds. The molecular formula is C14H27IN4O. The number of nitrogens with zero attached hydrogens (tertiary/aromatic N) is 2. The topological polar surface area (TPSA) is 56.7 Å². The van der Waals surface area contributed by atoms with E-state index in [0.717, 1.165) is 25.6 Å². The summed E-state index contributed by atoms with van der Waals surface area (Å²) in [4.78, 5) is 18.2. The molecule has 0 aromatic carbocycles. The smallest absolute Gasteiger partial charge is 0.220 e. The van der Waals surface area contributed by atoms with E-state index in [0.29, 0.717) is 18.9 Å². The molecule has 2 rings (SSSR count). The highest BCUT2D eigenvalue weighted by Gasteiger charge is 2.16. The number of guanidine groups is 1. The summed E-state index contributed by atoms with van der Waals surface area (Å²) in [5.41, 5.74) is 0. The molecule has 1 fully saturated rings. The number of amides is 1. The lowest BCUT2D eigenvalue weighted by Crippen LogP contribution is -2.40. The molecule has 0 aromatic rings. The zero-order valence-electron chi connectivity index (χ0n) is 12.4. The summed E-state index contributed by atoms with van der Waals surface area (Å²) in [6.07, 6.45) is 7.11. The second-order valence-electron chi connectivity index (χ2n) is 5.61. The molecule has 1 heterocycles. The molecule has 0 radical (unpaired) electrons. The van der Waals surface area contributed by atoms with Crippen LogP contribution in [-0.2, 0) is 4.79 Å². The maximum atomic E-state index is 11.8. The summed E-state index contributed by atoms with van der Waals surface area (Å²) in [5.74, 6) is 1.77. The van der Waals surface area contributed by atoms with Gasteiger partial charge in [-0.2, -0.15) is 0 Å². The van der Waals surface area contributed by atoms with E-state index in [9.17, 15) is 4.79 Å². The highest BCUT2D eigenvalue weighted by molar-refractivity contribution is 14.0. The molecule has 5 nitrogen and oxygen atoms in total. The SMILES string of the molecule is CN1CCN=C1NCCNC(=O)CC1CCCCC1.I. The quantitative estimate of drug-likeness (QED) is 0.550. The third kappa shape index (κ3) is 5.85. The van der Waals surface area contributed by atoms with Gasteiger partial charge in [-0.15, -0.1) is 24.0 Å². The zero-order valence-corrected chi connectivity index (χ0v) is 14.7. The van der Waals surface area contributed by atoms with Crippen molar-refractivity contribution in [2.24, 2.45) is 10.9 Å². The first-order valence-corrected chi connectivity index (χ1v) is 7.52. The third-order valence-electron chi connectivity index (χ3n) is 3.99. The van der Waals surface area contributed by atoms with E-state index in [1.807, 2.05) is 7.05 Å². The maximum Gasteiger partial charge on any atom is 0.220 e. The molecule has 116 valence electrons. The summed E-state index contributed by atoms with van der Waals surface area (Å²) in [7, 11) is 2.03. The van der Waals surface area contributed by atoms with Crippen LogP contribution < -0.4 is 10.6 Å². The first-order valence-electron chi connectivity index (χ1n) is 7.52. The van der Waals surface area contributed by atoms with Crippen LogP contribution in [0.3, 0.4) is 0 Å². The van der Waals surface area contributed by atoms with Crippen LogP contribution in [0.1, 0.15) is 38.5 Å². The molecule has 1 saturated carbocycles. The van der Waals surface area contributed by atoms with Crippen LogP contribution in [0.2, 0.25) is 0 Å². The molecule has 6 heteroatoms. The van der Waals surface area contributed by atoms with Gasteiger partial charge in [-0.1, -0.05) is 19.3 Å². The molecule has 1 aliphatic heterocycles. The number of likely N-dealkylation sites (N-methyl/N-ethyl adjacent to an activating group) is 1. The molecule has 0 bridgehead atoms. The fraction of sp³-hybridized carbons (Fsp3) is 0.857. The van der Waals surface area contributed by atoms with Crippen molar-refractivity contribution in [2.45, 2.75) is 38.5 Å². The van der Waals surface area contributed by atoms with Crippen LogP contribution in [0.15, 0.2) is 4.99 Å². The lowest BCUT2D eigenvalue weighted by Gasteiger charge is -2.21. The van der Waals surface area contributed by atoms with Gasteiger partial charge in [-0.3, -0.25) is 9.79 Å². The fourth-order valence-corrected chi connectivity index (χ4v) is 2.83. The Morgan fingerprint density at radius 2 is 2.05 bits per heavy atom. The molecule has 2 N–H and O–H groups in total. The molecule has 20 heavy (non-hydrogen) atoms. The van der Waals surface area contributed by atoms with Crippen molar-refractivity contribution in [3.63, 3.8) is 0 Å². The predicted molar refractivity (Wildman–Crippen MR) is 92.6 cm³/mol. The van der Waals surface area contributed by atoms with E-state index in [2.05, 4.69) is 20.5 Å². The number of halogens is 1. The van der Waals surface area contributed by atoms with Crippen LogP contribution in [0, 0.1) is 5.92 Å². The van der Waals surface area contributed by atoms with Gasteiger partial charge in [0.05, 0.1) is 6.54 Å². The van der Waals surface area contributed by atoms with Crippen molar-refractivity contribution >= 4 is 35.8 Å². The summed E-state index contributed by atoms with van der Waals surface area (Å²) in [6, 6.07) is 0. The number of nitrogens with one attached hydrogen (secondary N) is 2.